The topological polar surface area (TPSA) is 71.1 Å². The van der Waals surface area contributed by atoms with E-state index in [-0.39, 0.29) is 28.7 Å². The van der Waals surface area contributed by atoms with Gasteiger partial charge >= 0.3 is 0 Å². The maximum absolute atomic E-state index is 12.4. The van der Waals surface area contributed by atoms with Gasteiger partial charge in [-0.1, -0.05) is 18.2 Å². The molecule has 0 spiro atoms. The third kappa shape index (κ3) is 4.65. The van der Waals surface area contributed by atoms with Gasteiger partial charge in [-0.25, -0.2) is 4.98 Å². The Hall–Kier alpha value is -2.69. The van der Waals surface area contributed by atoms with Crippen molar-refractivity contribution in [2.45, 2.75) is 40.2 Å². The summed E-state index contributed by atoms with van der Waals surface area (Å²) in [6.07, 6.45) is 0. The molecule has 1 aromatic carbocycles. The van der Waals surface area contributed by atoms with Crippen molar-refractivity contribution in [2.75, 3.05) is 5.32 Å². The number of nitrogens with zero attached hydrogens (tertiary/aromatic N) is 1. The molecule has 0 aliphatic carbocycles. The third-order valence-corrected chi connectivity index (χ3v) is 3.34. The number of aryl methyl sites for hydroxylation is 2. The second-order valence-electron chi connectivity index (χ2n) is 6.88. The molecular weight excluding hydrogens is 302 g/mol. The smallest absolute Gasteiger partial charge is 0.274 e. The fourth-order valence-electron chi connectivity index (χ4n) is 2.15. The zero-order valence-corrected chi connectivity index (χ0v) is 14.7. The summed E-state index contributed by atoms with van der Waals surface area (Å²) in [5.74, 6) is -0.641. The summed E-state index contributed by atoms with van der Waals surface area (Å²) in [6.45, 7) is 9.56. The molecule has 2 N–H and O–H groups in total. The molecular formula is C19H23N3O2. The van der Waals surface area contributed by atoms with Crippen LogP contribution in [0.5, 0.6) is 0 Å². The molecule has 0 saturated carbocycles. The summed E-state index contributed by atoms with van der Waals surface area (Å²) in [4.78, 5) is 28.8. The molecule has 126 valence electrons. The molecule has 2 rings (SSSR count). The summed E-state index contributed by atoms with van der Waals surface area (Å²) in [7, 11) is 0. The van der Waals surface area contributed by atoms with Crippen LogP contribution in [0.3, 0.4) is 0 Å². The van der Waals surface area contributed by atoms with Crippen LogP contribution in [0.2, 0.25) is 0 Å². The first kappa shape index (κ1) is 17.7. The molecule has 0 bridgehead atoms. The zero-order chi connectivity index (χ0) is 17.9. The normalized spacial score (nSPS) is 11.0. The van der Waals surface area contributed by atoms with Gasteiger partial charge < -0.3 is 10.6 Å². The van der Waals surface area contributed by atoms with E-state index in [2.05, 4.69) is 15.6 Å². The summed E-state index contributed by atoms with van der Waals surface area (Å²) in [6, 6.07) is 10.7. The Bertz CT molecular complexity index is 776. The van der Waals surface area contributed by atoms with Gasteiger partial charge in [-0.3, -0.25) is 9.59 Å². The Morgan fingerprint density at radius 2 is 1.58 bits per heavy atom. The van der Waals surface area contributed by atoms with Crippen molar-refractivity contribution >= 4 is 17.5 Å². The molecule has 0 atom stereocenters. The van der Waals surface area contributed by atoms with Gasteiger partial charge in [0.1, 0.15) is 11.4 Å². The van der Waals surface area contributed by atoms with Crippen LogP contribution in [0.4, 0.5) is 5.69 Å². The minimum absolute atomic E-state index is 0.206. The molecule has 2 amide bonds. The number of amides is 2. The van der Waals surface area contributed by atoms with Gasteiger partial charge in [0, 0.05) is 11.2 Å². The van der Waals surface area contributed by atoms with E-state index in [0.717, 1.165) is 16.8 Å². The SMILES string of the molecule is Cc1ccc(C)c(NC(=O)c2cccc(C(=O)NC(C)(C)C)n2)c1. The number of nitrogens with one attached hydrogen (secondary N) is 2. The summed E-state index contributed by atoms with van der Waals surface area (Å²) >= 11 is 0. The number of hydrogen-bond acceptors (Lipinski definition) is 3. The number of carbonyl (C=O) groups is 2. The maximum atomic E-state index is 12.4. The van der Waals surface area contributed by atoms with Gasteiger partial charge in [0.15, 0.2) is 0 Å². The van der Waals surface area contributed by atoms with E-state index in [1.54, 1.807) is 18.2 Å². The number of pyridine rings is 1. The predicted octanol–water partition coefficient (Wildman–Crippen LogP) is 3.48. The first-order valence-corrected chi connectivity index (χ1v) is 7.84. The minimum atomic E-state index is -0.365. The highest BCUT2D eigenvalue weighted by molar-refractivity contribution is 6.04. The van der Waals surface area contributed by atoms with Gasteiger partial charge in [0.25, 0.3) is 11.8 Å². The van der Waals surface area contributed by atoms with E-state index in [1.165, 1.54) is 0 Å². The van der Waals surface area contributed by atoms with Crippen LogP contribution >= 0.6 is 0 Å². The molecule has 0 unspecified atom stereocenters. The molecule has 0 radical (unpaired) electrons. The second-order valence-corrected chi connectivity index (χ2v) is 6.88. The zero-order valence-electron chi connectivity index (χ0n) is 14.7. The lowest BCUT2D eigenvalue weighted by atomic mass is 10.1. The highest BCUT2D eigenvalue weighted by Gasteiger charge is 2.18. The lowest BCUT2D eigenvalue weighted by molar-refractivity contribution is 0.0914. The van der Waals surface area contributed by atoms with E-state index in [1.807, 2.05) is 52.8 Å². The fourth-order valence-corrected chi connectivity index (χ4v) is 2.15. The van der Waals surface area contributed by atoms with Crippen LogP contribution in [0.1, 0.15) is 52.9 Å². The Morgan fingerprint density at radius 1 is 0.958 bits per heavy atom. The van der Waals surface area contributed by atoms with Crippen molar-refractivity contribution in [3.63, 3.8) is 0 Å². The molecule has 24 heavy (non-hydrogen) atoms. The second kappa shape index (κ2) is 6.83. The Labute approximate surface area is 142 Å². The predicted molar refractivity (Wildman–Crippen MR) is 95.3 cm³/mol. The van der Waals surface area contributed by atoms with E-state index in [0.29, 0.717) is 0 Å². The highest BCUT2D eigenvalue weighted by atomic mass is 16.2. The Kier molecular flexibility index (Phi) is 5.02. The summed E-state index contributed by atoms with van der Waals surface area (Å²) in [5.41, 5.74) is 2.83. The number of aromatic nitrogens is 1. The van der Waals surface area contributed by atoms with Crippen molar-refractivity contribution in [1.82, 2.24) is 10.3 Å². The quantitative estimate of drug-likeness (QED) is 0.907. The number of benzene rings is 1. The van der Waals surface area contributed by atoms with E-state index < -0.39 is 0 Å². The molecule has 5 heteroatoms. The van der Waals surface area contributed by atoms with Crippen LogP contribution in [-0.2, 0) is 0 Å². The fraction of sp³-hybridized carbons (Fsp3) is 0.316. The number of carbonyl (C=O) groups excluding carboxylic acids is 2. The number of rotatable bonds is 3. The largest absolute Gasteiger partial charge is 0.346 e. The third-order valence-electron chi connectivity index (χ3n) is 3.34. The van der Waals surface area contributed by atoms with Gasteiger partial charge in [0.2, 0.25) is 0 Å². The molecule has 0 saturated heterocycles. The first-order valence-electron chi connectivity index (χ1n) is 7.84. The molecule has 5 nitrogen and oxygen atoms in total. The molecule has 0 fully saturated rings. The minimum Gasteiger partial charge on any atom is -0.346 e. The van der Waals surface area contributed by atoms with Gasteiger partial charge in [-0.2, -0.15) is 0 Å². The van der Waals surface area contributed by atoms with Gasteiger partial charge in [-0.15, -0.1) is 0 Å². The average molecular weight is 325 g/mol. The highest BCUT2D eigenvalue weighted by Crippen LogP contribution is 2.17. The molecule has 1 heterocycles. The van der Waals surface area contributed by atoms with Gasteiger partial charge in [0.05, 0.1) is 0 Å². The van der Waals surface area contributed by atoms with Crippen LogP contribution in [0, 0.1) is 13.8 Å². The lowest BCUT2D eigenvalue weighted by Gasteiger charge is -2.20. The number of anilines is 1. The van der Waals surface area contributed by atoms with Crippen LogP contribution in [0.25, 0.3) is 0 Å². The standard InChI is InChI=1S/C19H23N3O2/c1-12-9-10-13(2)16(11-12)21-17(23)14-7-6-8-15(20-14)18(24)22-19(3,4)5/h6-11H,1-5H3,(H,21,23)(H,22,24). The van der Waals surface area contributed by atoms with Crippen molar-refractivity contribution in [2.24, 2.45) is 0 Å². The van der Waals surface area contributed by atoms with E-state index in [4.69, 9.17) is 0 Å². The van der Waals surface area contributed by atoms with Crippen molar-refractivity contribution in [3.8, 4) is 0 Å². The summed E-state index contributed by atoms with van der Waals surface area (Å²) in [5, 5.41) is 5.68. The molecule has 2 aromatic rings. The number of hydrogen-bond donors (Lipinski definition) is 2. The average Bonchev–Trinajstić information content (AvgIpc) is 2.49. The monoisotopic (exact) mass is 325 g/mol. The molecule has 0 aliphatic rings. The van der Waals surface area contributed by atoms with E-state index in [9.17, 15) is 9.59 Å². The van der Waals surface area contributed by atoms with Crippen molar-refractivity contribution < 1.29 is 9.59 Å². The van der Waals surface area contributed by atoms with Crippen molar-refractivity contribution in [3.05, 3.63) is 58.9 Å². The Morgan fingerprint density at radius 3 is 2.21 bits per heavy atom. The molecule has 0 aliphatic heterocycles. The van der Waals surface area contributed by atoms with Crippen LogP contribution < -0.4 is 10.6 Å². The molecule has 1 aromatic heterocycles. The lowest BCUT2D eigenvalue weighted by Crippen LogP contribution is -2.41. The van der Waals surface area contributed by atoms with E-state index >= 15 is 0 Å². The van der Waals surface area contributed by atoms with Gasteiger partial charge in [-0.05, 0) is 63.9 Å². The first-order chi connectivity index (χ1) is 11.2. The van der Waals surface area contributed by atoms with Crippen LogP contribution in [0.15, 0.2) is 36.4 Å². The summed E-state index contributed by atoms with van der Waals surface area (Å²) < 4.78 is 0. The maximum Gasteiger partial charge on any atom is 0.274 e. The van der Waals surface area contributed by atoms with Crippen LogP contribution in [-0.4, -0.2) is 22.3 Å². The van der Waals surface area contributed by atoms with Crippen molar-refractivity contribution in [1.29, 1.82) is 0 Å². The Balaban J connectivity index is 2.20.